The second-order valence-electron chi connectivity index (χ2n) is 8.69. The SMILES string of the molecule is CC[C@H](C)[C@H](NC(=O)CN)C(=O)N[C@H](C(=O)N[C@@H](Cc1ccccc1)C(=O)N[C@@H](CO)C(=O)O)[C@@H](C)O. The number of carbonyl (C=O) groups is 5. The minimum Gasteiger partial charge on any atom is -0.480 e. The molecule has 13 nitrogen and oxygen atoms in total. The lowest BCUT2D eigenvalue weighted by molar-refractivity contribution is -0.143. The summed E-state index contributed by atoms with van der Waals surface area (Å²) in [4.78, 5) is 62.0. The first kappa shape index (κ1) is 31.5. The van der Waals surface area contributed by atoms with E-state index in [4.69, 9.17) is 10.8 Å². The fourth-order valence-corrected chi connectivity index (χ4v) is 3.36. The molecule has 13 heteroatoms. The van der Waals surface area contributed by atoms with Gasteiger partial charge in [-0.25, -0.2) is 4.79 Å². The Kier molecular flexibility index (Phi) is 13.2. The summed E-state index contributed by atoms with van der Waals surface area (Å²) >= 11 is 0. The Hall–Kier alpha value is -3.55. The zero-order valence-corrected chi connectivity index (χ0v) is 21.1. The van der Waals surface area contributed by atoms with Crippen LogP contribution in [0.25, 0.3) is 0 Å². The van der Waals surface area contributed by atoms with Gasteiger partial charge in [-0.2, -0.15) is 0 Å². The quantitative estimate of drug-likeness (QED) is 0.123. The lowest BCUT2D eigenvalue weighted by atomic mass is 9.97. The number of hydrogen-bond acceptors (Lipinski definition) is 8. The number of amides is 4. The van der Waals surface area contributed by atoms with E-state index in [1.807, 2.05) is 6.92 Å². The molecule has 1 rings (SSSR count). The Bertz CT molecular complexity index is 927. The van der Waals surface area contributed by atoms with Crippen molar-refractivity contribution in [3.8, 4) is 0 Å². The maximum atomic E-state index is 13.1. The maximum absolute atomic E-state index is 13.1. The highest BCUT2D eigenvalue weighted by Gasteiger charge is 2.34. The average Bonchev–Trinajstić information content (AvgIpc) is 2.87. The molecule has 9 N–H and O–H groups in total. The van der Waals surface area contributed by atoms with Crippen LogP contribution in [0, 0.1) is 5.92 Å². The van der Waals surface area contributed by atoms with E-state index in [1.165, 1.54) is 6.92 Å². The first-order chi connectivity index (χ1) is 17.4. The van der Waals surface area contributed by atoms with Gasteiger partial charge in [-0.05, 0) is 18.4 Å². The van der Waals surface area contributed by atoms with Crippen molar-refractivity contribution in [2.45, 2.75) is 63.9 Å². The molecule has 4 amide bonds. The minimum atomic E-state index is -1.60. The molecule has 6 atom stereocenters. The van der Waals surface area contributed by atoms with Crippen molar-refractivity contribution in [1.29, 1.82) is 0 Å². The van der Waals surface area contributed by atoms with Gasteiger partial charge in [0.15, 0.2) is 0 Å². The van der Waals surface area contributed by atoms with E-state index in [-0.39, 0.29) is 18.9 Å². The Morgan fingerprint density at radius 1 is 0.865 bits per heavy atom. The predicted octanol–water partition coefficient (Wildman–Crippen LogP) is -2.37. The predicted molar refractivity (Wildman–Crippen MR) is 133 cm³/mol. The van der Waals surface area contributed by atoms with Crippen LogP contribution in [0.4, 0.5) is 0 Å². The van der Waals surface area contributed by atoms with Crippen LogP contribution in [0.2, 0.25) is 0 Å². The summed E-state index contributed by atoms with van der Waals surface area (Å²) in [6, 6.07) is 3.12. The molecule has 0 heterocycles. The van der Waals surface area contributed by atoms with Crippen LogP contribution >= 0.6 is 0 Å². The van der Waals surface area contributed by atoms with Crippen molar-refractivity contribution in [2.75, 3.05) is 13.2 Å². The van der Waals surface area contributed by atoms with Crippen molar-refractivity contribution in [3.63, 3.8) is 0 Å². The molecule has 1 aromatic carbocycles. The molecule has 0 fully saturated rings. The first-order valence-electron chi connectivity index (χ1n) is 11.9. The summed E-state index contributed by atoms with van der Waals surface area (Å²) in [5.41, 5.74) is 5.97. The average molecular weight is 524 g/mol. The normalized spacial score (nSPS) is 15.7. The van der Waals surface area contributed by atoms with Gasteiger partial charge in [0.25, 0.3) is 0 Å². The number of rotatable bonds is 15. The summed E-state index contributed by atoms with van der Waals surface area (Å²) in [7, 11) is 0. The number of aliphatic hydroxyl groups is 2. The number of aliphatic carboxylic acids is 1. The summed E-state index contributed by atoms with van der Waals surface area (Å²) < 4.78 is 0. The Morgan fingerprint density at radius 3 is 1.92 bits per heavy atom. The summed E-state index contributed by atoms with van der Waals surface area (Å²) in [5, 5.41) is 38.2. The second kappa shape index (κ2) is 15.5. The fraction of sp³-hybridized carbons (Fsp3) is 0.542. The molecule has 1 aromatic rings. The molecule has 0 unspecified atom stereocenters. The van der Waals surface area contributed by atoms with Gasteiger partial charge < -0.3 is 42.3 Å². The standard InChI is InChI=1S/C24H37N5O8/c1-4-13(2)19(28-18(32)11-25)22(34)29-20(14(3)31)23(35)26-16(10-15-8-6-5-7-9-15)21(33)27-17(12-30)24(36)37/h5-9,13-14,16-17,19-20,30-31H,4,10-12,25H2,1-3H3,(H,26,35)(H,27,33)(H,28,32)(H,29,34)(H,36,37)/t13-,14+,16-,17-,19-,20-/m0/s1. The summed E-state index contributed by atoms with van der Waals surface area (Å²) in [6.07, 6.45) is -0.918. The lowest BCUT2D eigenvalue weighted by Crippen LogP contribution is -2.61. The molecule has 0 aromatic heterocycles. The van der Waals surface area contributed by atoms with Gasteiger partial charge in [-0.3, -0.25) is 19.2 Å². The Morgan fingerprint density at radius 2 is 1.43 bits per heavy atom. The maximum Gasteiger partial charge on any atom is 0.328 e. The highest BCUT2D eigenvalue weighted by Crippen LogP contribution is 2.10. The van der Waals surface area contributed by atoms with Crippen LogP contribution in [-0.4, -0.2) is 88.3 Å². The monoisotopic (exact) mass is 523 g/mol. The van der Waals surface area contributed by atoms with Gasteiger partial charge in [0.05, 0.1) is 19.3 Å². The molecule has 0 saturated heterocycles. The first-order valence-corrected chi connectivity index (χ1v) is 11.9. The number of nitrogens with one attached hydrogen (secondary N) is 4. The van der Waals surface area contributed by atoms with E-state index in [1.54, 1.807) is 37.3 Å². The molecular formula is C24H37N5O8. The van der Waals surface area contributed by atoms with Crippen molar-refractivity contribution in [3.05, 3.63) is 35.9 Å². The molecule has 0 bridgehead atoms. The number of hydrogen-bond donors (Lipinski definition) is 8. The number of aliphatic hydroxyl groups excluding tert-OH is 2. The fourth-order valence-electron chi connectivity index (χ4n) is 3.36. The van der Waals surface area contributed by atoms with Gasteiger partial charge in [0, 0.05) is 6.42 Å². The Labute approximate surface area is 215 Å². The molecule has 37 heavy (non-hydrogen) atoms. The molecular weight excluding hydrogens is 486 g/mol. The van der Waals surface area contributed by atoms with Crippen molar-refractivity contribution in [2.24, 2.45) is 11.7 Å². The molecule has 0 aliphatic carbocycles. The van der Waals surface area contributed by atoms with Gasteiger partial charge in [-0.1, -0.05) is 50.6 Å². The highest BCUT2D eigenvalue weighted by molar-refractivity contribution is 5.95. The molecule has 206 valence electrons. The third kappa shape index (κ3) is 10.1. The van der Waals surface area contributed by atoms with Crippen molar-refractivity contribution >= 4 is 29.6 Å². The molecule has 0 aliphatic heterocycles. The third-order valence-corrected chi connectivity index (χ3v) is 5.77. The van der Waals surface area contributed by atoms with E-state index in [0.29, 0.717) is 12.0 Å². The van der Waals surface area contributed by atoms with Gasteiger partial charge >= 0.3 is 5.97 Å². The number of carbonyl (C=O) groups excluding carboxylic acids is 4. The van der Waals surface area contributed by atoms with Crippen LogP contribution in [-0.2, 0) is 30.4 Å². The number of nitrogens with two attached hydrogens (primary N) is 1. The van der Waals surface area contributed by atoms with Crippen LogP contribution in [0.5, 0.6) is 0 Å². The topological polar surface area (TPSA) is 220 Å². The smallest absolute Gasteiger partial charge is 0.328 e. The van der Waals surface area contributed by atoms with Gasteiger partial charge in [0.2, 0.25) is 23.6 Å². The lowest BCUT2D eigenvalue weighted by Gasteiger charge is -2.28. The van der Waals surface area contributed by atoms with E-state index in [2.05, 4.69) is 21.3 Å². The zero-order chi connectivity index (χ0) is 28.1. The summed E-state index contributed by atoms with van der Waals surface area (Å²) in [6.45, 7) is 3.58. The molecule has 0 saturated carbocycles. The van der Waals surface area contributed by atoms with E-state index < -0.39 is 66.5 Å². The second-order valence-corrected chi connectivity index (χ2v) is 8.69. The van der Waals surface area contributed by atoms with Gasteiger partial charge in [0.1, 0.15) is 24.2 Å². The van der Waals surface area contributed by atoms with Crippen molar-refractivity contribution in [1.82, 2.24) is 21.3 Å². The third-order valence-electron chi connectivity index (χ3n) is 5.77. The summed E-state index contributed by atoms with van der Waals surface area (Å²) in [5.74, 6) is -4.89. The molecule has 0 aliphatic rings. The van der Waals surface area contributed by atoms with Crippen LogP contribution in [0.15, 0.2) is 30.3 Å². The van der Waals surface area contributed by atoms with Crippen LogP contribution in [0.3, 0.4) is 0 Å². The zero-order valence-electron chi connectivity index (χ0n) is 21.1. The number of carboxylic acid groups (broad SMARTS) is 1. The van der Waals surface area contributed by atoms with Gasteiger partial charge in [-0.15, -0.1) is 0 Å². The van der Waals surface area contributed by atoms with E-state index in [0.717, 1.165) is 0 Å². The molecule has 0 radical (unpaired) electrons. The van der Waals surface area contributed by atoms with E-state index in [9.17, 15) is 34.2 Å². The highest BCUT2D eigenvalue weighted by atomic mass is 16.4. The van der Waals surface area contributed by atoms with Crippen molar-refractivity contribution < 1.29 is 39.3 Å². The van der Waals surface area contributed by atoms with E-state index >= 15 is 0 Å². The van der Waals surface area contributed by atoms with Crippen LogP contribution in [0.1, 0.15) is 32.8 Å². The molecule has 0 spiro atoms. The van der Waals surface area contributed by atoms with Crippen LogP contribution < -0.4 is 27.0 Å². The number of benzene rings is 1. The minimum absolute atomic E-state index is 0.0429. The number of carboxylic acids is 1. The Balaban J connectivity index is 3.14. The largest absolute Gasteiger partial charge is 0.480 e.